The van der Waals surface area contributed by atoms with Crippen molar-refractivity contribution in [2.75, 3.05) is 38.5 Å². The van der Waals surface area contributed by atoms with E-state index in [1.807, 2.05) is 13.8 Å². The smallest absolute Gasteiger partial charge is 0.409 e. The molecule has 22 heavy (non-hydrogen) atoms. The summed E-state index contributed by atoms with van der Waals surface area (Å²) in [6.07, 6.45) is -0.298. The summed E-state index contributed by atoms with van der Waals surface area (Å²) in [6.45, 7) is 6.44. The molecule has 0 radical (unpaired) electrons. The van der Waals surface area contributed by atoms with Crippen LogP contribution in [0.25, 0.3) is 0 Å². The van der Waals surface area contributed by atoms with Crippen molar-refractivity contribution in [2.45, 2.75) is 13.8 Å². The van der Waals surface area contributed by atoms with Crippen molar-refractivity contribution >= 4 is 17.7 Å². The van der Waals surface area contributed by atoms with E-state index < -0.39 is 0 Å². The molecule has 2 rings (SSSR count). The lowest BCUT2D eigenvalue weighted by molar-refractivity contribution is 0.0535. The summed E-state index contributed by atoms with van der Waals surface area (Å²) in [5.74, 6) is 0.285. The normalized spacial score (nSPS) is 15.0. The van der Waals surface area contributed by atoms with Crippen LogP contribution in [0.4, 0.5) is 10.5 Å². The number of nitrogens with zero attached hydrogens (tertiary/aromatic N) is 2. The van der Waals surface area contributed by atoms with Gasteiger partial charge in [0.05, 0.1) is 6.61 Å². The minimum absolute atomic E-state index is 0.0322. The highest BCUT2D eigenvalue weighted by molar-refractivity contribution is 5.94. The number of ether oxygens (including phenoxy) is 1. The summed E-state index contributed by atoms with van der Waals surface area (Å²) in [4.78, 5) is 27.6. The van der Waals surface area contributed by atoms with Gasteiger partial charge < -0.3 is 20.3 Å². The summed E-state index contributed by atoms with van der Waals surface area (Å²) in [5.41, 5.74) is 6.87. The summed E-state index contributed by atoms with van der Waals surface area (Å²) in [6, 6.07) is 6.88. The monoisotopic (exact) mass is 305 g/mol. The fraction of sp³-hybridized carbons (Fsp3) is 0.500. The second-order valence-electron chi connectivity index (χ2n) is 5.87. The van der Waals surface area contributed by atoms with Crippen molar-refractivity contribution in [1.29, 1.82) is 0 Å². The lowest BCUT2D eigenvalue weighted by Gasteiger charge is -2.34. The number of hydrogen-bond acceptors (Lipinski definition) is 4. The summed E-state index contributed by atoms with van der Waals surface area (Å²) < 4.78 is 5.21. The van der Waals surface area contributed by atoms with Crippen LogP contribution in [0.5, 0.6) is 0 Å². The Balaban J connectivity index is 1.85. The molecule has 1 aromatic carbocycles. The maximum absolute atomic E-state index is 12.4. The highest BCUT2D eigenvalue weighted by Gasteiger charge is 2.25. The molecular formula is C16H23N3O3. The van der Waals surface area contributed by atoms with Crippen LogP contribution in [-0.2, 0) is 4.74 Å². The van der Waals surface area contributed by atoms with E-state index in [0.717, 1.165) is 0 Å². The number of rotatable bonds is 3. The van der Waals surface area contributed by atoms with Crippen LogP contribution in [0.1, 0.15) is 24.2 Å². The third-order valence-corrected chi connectivity index (χ3v) is 3.52. The Labute approximate surface area is 130 Å². The van der Waals surface area contributed by atoms with Crippen LogP contribution in [-0.4, -0.2) is 54.6 Å². The number of nitrogen functional groups attached to an aromatic ring is 1. The molecule has 6 heteroatoms. The molecule has 1 saturated heterocycles. The van der Waals surface area contributed by atoms with E-state index >= 15 is 0 Å². The Morgan fingerprint density at radius 1 is 1.09 bits per heavy atom. The van der Waals surface area contributed by atoms with E-state index in [2.05, 4.69) is 0 Å². The van der Waals surface area contributed by atoms with Crippen LogP contribution in [0.3, 0.4) is 0 Å². The number of anilines is 1. The quantitative estimate of drug-likeness (QED) is 0.864. The lowest BCUT2D eigenvalue weighted by Crippen LogP contribution is -2.50. The first-order valence-electron chi connectivity index (χ1n) is 7.54. The molecule has 0 spiro atoms. The Morgan fingerprint density at radius 3 is 2.18 bits per heavy atom. The van der Waals surface area contributed by atoms with Gasteiger partial charge in [-0.15, -0.1) is 0 Å². The summed E-state index contributed by atoms with van der Waals surface area (Å²) >= 11 is 0. The number of benzene rings is 1. The number of nitrogens with two attached hydrogens (primary N) is 1. The van der Waals surface area contributed by atoms with Gasteiger partial charge in [0.1, 0.15) is 0 Å². The van der Waals surface area contributed by atoms with Crippen molar-refractivity contribution < 1.29 is 14.3 Å². The lowest BCUT2D eigenvalue weighted by atomic mass is 10.1. The topological polar surface area (TPSA) is 75.9 Å². The number of piperazine rings is 1. The van der Waals surface area contributed by atoms with Crippen molar-refractivity contribution in [3.63, 3.8) is 0 Å². The molecule has 1 heterocycles. The Morgan fingerprint density at radius 2 is 1.64 bits per heavy atom. The third kappa shape index (κ3) is 4.13. The zero-order chi connectivity index (χ0) is 16.1. The molecule has 1 aromatic rings. The van der Waals surface area contributed by atoms with E-state index in [1.54, 1.807) is 34.1 Å². The van der Waals surface area contributed by atoms with Crippen LogP contribution in [0.2, 0.25) is 0 Å². The molecule has 0 aliphatic carbocycles. The predicted octanol–water partition coefficient (Wildman–Crippen LogP) is 1.82. The maximum atomic E-state index is 12.4. The first-order valence-corrected chi connectivity index (χ1v) is 7.54. The van der Waals surface area contributed by atoms with Crippen molar-refractivity contribution in [3.05, 3.63) is 29.8 Å². The van der Waals surface area contributed by atoms with Gasteiger partial charge in [-0.05, 0) is 30.2 Å². The number of carbonyl (C=O) groups is 2. The molecule has 6 nitrogen and oxygen atoms in total. The van der Waals surface area contributed by atoms with Crippen molar-refractivity contribution in [2.24, 2.45) is 5.92 Å². The van der Waals surface area contributed by atoms with Gasteiger partial charge in [0, 0.05) is 37.4 Å². The molecule has 120 valence electrons. The molecule has 0 bridgehead atoms. The number of hydrogen-bond donors (Lipinski definition) is 1. The van der Waals surface area contributed by atoms with E-state index in [1.165, 1.54) is 0 Å². The van der Waals surface area contributed by atoms with Crippen molar-refractivity contribution in [1.82, 2.24) is 9.80 Å². The first-order chi connectivity index (χ1) is 10.5. The molecule has 1 fully saturated rings. The van der Waals surface area contributed by atoms with Crippen LogP contribution in [0.15, 0.2) is 24.3 Å². The van der Waals surface area contributed by atoms with Gasteiger partial charge in [-0.2, -0.15) is 0 Å². The van der Waals surface area contributed by atoms with Gasteiger partial charge in [-0.1, -0.05) is 13.8 Å². The highest BCUT2D eigenvalue weighted by Crippen LogP contribution is 2.12. The average Bonchev–Trinajstić information content (AvgIpc) is 2.53. The Hall–Kier alpha value is -2.24. The molecular weight excluding hydrogens is 282 g/mol. The molecule has 0 saturated carbocycles. The second kappa shape index (κ2) is 7.15. The van der Waals surface area contributed by atoms with E-state index in [4.69, 9.17) is 10.5 Å². The number of carbonyl (C=O) groups excluding carboxylic acids is 2. The zero-order valence-corrected chi connectivity index (χ0v) is 13.1. The van der Waals surface area contributed by atoms with Crippen molar-refractivity contribution in [3.8, 4) is 0 Å². The second-order valence-corrected chi connectivity index (χ2v) is 5.87. The first kappa shape index (κ1) is 16.1. The maximum Gasteiger partial charge on any atom is 0.409 e. The molecule has 2 N–H and O–H groups in total. The van der Waals surface area contributed by atoms with Gasteiger partial charge in [0.2, 0.25) is 0 Å². The van der Waals surface area contributed by atoms with E-state index in [-0.39, 0.29) is 12.0 Å². The fourth-order valence-corrected chi connectivity index (χ4v) is 2.23. The number of amides is 2. The fourth-order valence-electron chi connectivity index (χ4n) is 2.23. The van der Waals surface area contributed by atoms with Crippen LogP contribution in [0, 0.1) is 5.92 Å². The largest absolute Gasteiger partial charge is 0.449 e. The third-order valence-electron chi connectivity index (χ3n) is 3.52. The Bertz CT molecular complexity index is 520. The SMILES string of the molecule is CC(C)COC(=O)N1CCN(C(=O)c2ccc(N)cc2)CC1. The predicted molar refractivity (Wildman–Crippen MR) is 84.5 cm³/mol. The van der Waals surface area contributed by atoms with E-state index in [0.29, 0.717) is 50.0 Å². The van der Waals surface area contributed by atoms with Crippen LogP contribution >= 0.6 is 0 Å². The van der Waals surface area contributed by atoms with Gasteiger partial charge in [-0.3, -0.25) is 4.79 Å². The minimum atomic E-state index is -0.298. The van der Waals surface area contributed by atoms with Gasteiger partial charge in [0.25, 0.3) is 5.91 Å². The van der Waals surface area contributed by atoms with E-state index in [9.17, 15) is 9.59 Å². The van der Waals surface area contributed by atoms with Gasteiger partial charge in [-0.25, -0.2) is 4.79 Å². The summed E-state index contributed by atoms with van der Waals surface area (Å²) in [7, 11) is 0. The summed E-state index contributed by atoms with van der Waals surface area (Å²) in [5, 5.41) is 0. The molecule has 0 unspecified atom stereocenters. The standard InChI is InChI=1S/C16H23N3O3/c1-12(2)11-22-16(21)19-9-7-18(8-10-19)15(20)13-3-5-14(17)6-4-13/h3-6,12H,7-11,17H2,1-2H3. The molecule has 1 aliphatic rings. The molecule has 2 amide bonds. The highest BCUT2D eigenvalue weighted by atomic mass is 16.6. The minimum Gasteiger partial charge on any atom is -0.449 e. The molecule has 0 aromatic heterocycles. The Kier molecular flexibility index (Phi) is 5.25. The van der Waals surface area contributed by atoms with Gasteiger partial charge >= 0.3 is 6.09 Å². The average molecular weight is 305 g/mol. The molecule has 0 atom stereocenters. The molecule has 1 aliphatic heterocycles. The van der Waals surface area contributed by atoms with Crippen LogP contribution < -0.4 is 5.73 Å². The van der Waals surface area contributed by atoms with Gasteiger partial charge in [0.15, 0.2) is 0 Å². The zero-order valence-electron chi connectivity index (χ0n) is 13.1.